The molecule has 0 amide bonds. The molecular weight excluding hydrogens is 884 g/mol. The molecule has 2 aromatic heterocycles. The number of hydrogen-bond donors (Lipinski definition) is 0. The van der Waals surface area contributed by atoms with E-state index in [1.54, 1.807) is 0 Å². The molecule has 0 fully saturated rings. The van der Waals surface area contributed by atoms with E-state index >= 15 is 0 Å². The molecule has 0 atom stereocenters. The van der Waals surface area contributed by atoms with Gasteiger partial charge in [0.2, 0.25) is 0 Å². The zero-order valence-electron chi connectivity index (χ0n) is 42.3. The number of benzene rings is 8. The minimum Gasteiger partial charge on any atom is -0.311 e. The maximum Gasteiger partial charge on any atom is 0.264 e. The van der Waals surface area contributed by atoms with Gasteiger partial charge in [-0.05, 0) is 150 Å². The molecule has 0 spiro atoms. The van der Waals surface area contributed by atoms with Gasteiger partial charge in [0.1, 0.15) is 0 Å². The molecule has 0 bridgehead atoms. The van der Waals surface area contributed by atoms with E-state index in [0.29, 0.717) is 0 Å². The topological polar surface area (TPSA) is 6.48 Å². The van der Waals surface area contributed by atoms with Gasteiger partial charge in [-0.1, -0.05) is 161 Å². The summed E-state index contributed by atoms with van der Waals surface area (Å²) in [4.78, 5) is 5.26. The number of hydrogen-bond acceptors (Lipinski definition) is 4. The van der Waals surface area contributed by atoms with Crippen LogP contribution in [0.3, 0.4) is 0 Å². The lowest BCUT2D eigenvalue weighted by Crippen LogP contribution is -2.60. The molecule has 5 heteroatoms. The van der Waals surface area contributed by atoms with Crippen LogP contribution < -0.4 is 25.5 Å². The molecule has 8 aromatic carbocycles. The molecule has 0 saturated heterocycles. The van der Waals surface area contributed by atoms with Crippen molar-refractivity contribution in [2.45, 2.75) is 97.8 Å². The summed E-state index contributed by atoms with van der Waals surface area (Å²) < 4.78 is 5.40. The molecule has 1 aliphatic carbocycles. The molecule has 10 aromatic rings. The zero-order chi connectivity index (χ0) is 48.4. The minimum absolute atomic E-state index is 0.0115. The average Bonchev–Trinajstić information content (AvgIpc) is 3.96. The highest BCUT2D eigenvalue weighted by Gasteiger charge is 2.47. The van der Waals surface area contributed by atoms with Gasteiger partial charge in [0, 0.05) is 68.9 Å². The van der Waals surface area contributed by atoms with Crippen LogP contribution in [0.15, 0.2) is 158 Å². The number of anilines is 6. The van der Waals surface area contributed by atoms with E-state index < -0.39 is 0 Å². The molecule has 2 nitrogen and oxygen atoms in total. The van der Waals surface area contributed by atoms with Gasteiger partial charge >= 0.3 is 0 Å². The Morgan fingerprint density at radius 2 is 1.03 bits per heavy atom. The van der Waals surface area contributed by atoms with Gasteiger partial charge in [0.15, 0.2) is 0 Å². The van der Waals surface area contributed by atoms with Crippen molar-refractivity contribution < 1.29 is 0 Å². The van der Waals surface area contributed by atoms with Crippen LogP contribution in [-0.4, -0.2) is 6.71 Å². The summed E-state index contributed by atoms with van der Waals surface area (Å²) in [5, 5.41) is 3.96. The van der Waals surface area contributed by atoms with Crippen molar-refractivity contribution in [1.29, 1.82) is 0 Å². The molecule has 0 N–H and O–H groups in total. The summed E-state index contributed by atoms with van der Waals surface area (Å²) >= 11 is 3.90. The van der Waals surface area contributed by atoms with Gasteiger partial charge < -0.3 is 9.80 Å². The summed E-state index contributed by atoms with van der Waals surface area (Å²) in [6.07, 6.45) is 0. The summed E-state index contributed by atoms with van der Waals surface area (Å²) in [6.45, 7) is 25.8. The molecule has 0 saturated carbocycles. The van der Waals surface area contributed by atoms with E-state index in [1.807, 2.05) is 22.7 Å². The van der Waals surface area contributed by atoms with Crippen molar-refractivity contribution in [3.05, 3.63) is 186 Å². The number of thiophene rings is 2. The first-order valence-electron chi connectivity index (χ1n) is 25.1. The second-order valence-corrected chi connectivity index (χ2v) is 26.0. The van der Waals surface area contributed by atoms with Crippen molar-refractivity contribution in [1.82, 2.24) is 0 Å². The van der Waals surface area contributed by atoms with E-state index in [4.69, 9.17) is 0 Å². The van der Waals surface area contributed by atoms with Crippen molar-refractivity contribution in [3.8, 4) is 22.3 Å². The highest BCUT2D eigenvalue weighted by atomic mass is 32.1. The fourth-order valence-corrected chi connectivity index (χ4v) is 14.4. The SMILES string of the molecule is CC(C)(C)c1ccc(N2c3ccc(C(C)(C)C)cc3B3c4sc5cc6c(cc5c4N(c4ccc(C(C)(C)C)cc4)c4cc(-c5ccc7sc8ccccc8c7c5)cc2c43)-c2ccccc2C6(C)C)cc1. The lowest BCUT2D eigenvalue weighted by Gasteiger charge is -2.44. The maximum absolute atomic E-state index is 2.66. The quantitative estimate of drug-likeness (QED) is 0.163. The van der Waals surface area contributed by atoms with Gasteiger partial charge in [-0.15, -0.1) is 22.7 Å². The third-order valence-corrected chi connectivity index (χ3v) is 18.3. The highest BCUT2D eigenvalue weighted by Crippen LogP contribution is 2.55. The van der Waals surface area contributed by atoms with E-state index in [-0.39, 0.29) is 28.4 Å². The van der Waals surface area contributed by atoms with E-state index in [9.17, 15) is 0 Å². The Kier molecular flexibility index (Phi) is 9.24. The monoisotopic (exact) mass is 942 g/mol. The minimum atomic E-state index is -0.102. The van der Waals surface area contributed by atoms with Gasteiger partial charge in [-0.2, -0.15) is 0 Å². The van der Waals surface area contributed by atoms with Gasteiger partial charge in [0.25, 0.3) is 6.71 Å². The summed E-state index contributed by atoms with van der Waals surface area (Å²) in [7, 11) is 0. The van der Waals surface area contributed by atoms with Crippen molar-refractivity contribution in [2.75, 3.05) is 9.80 Å². The molecule has 0 unspecified atom stereocenters. The number of rotatable bonds is 3. The fourth-order valence-electron chi connectivity index (χ4n) is 12.0. The molecule has 2 aliphatic heterocycles. The second kappa shape index (κ2) is 14.8. The zero-order valence-corrected chi connectivity index (χ0v) is 43.9. The van der Waals surface area contributed by atoms with Gasteiger partial charge in [-0.3, -0.25) is 0 Å². The first kappa shape index (κ1) is 43.6. The Morgan fingerprint density at radius 3 is 1.71 bits per heavy atom. The fraction of sp³-hybridized carbons (Fsp3) is 0.231. The standard InChI is InChI=1S/C65H59BN2S2/c1-62(2,3)40-21-26-43(27-22-40)67-53-30-25-42(64(7,8)9)35-52(53)66-59-54(67)33-39(38-20-31-57-48(32-38)46-17-13-15-19-56(46)69-57)34-55(59)68(44-28-23-41(24-29-44)63(4,5)6)60-49-36-47-45-16-12-14-18-50(45)65(10,11)51(47)37-58(49)70-61(60)66/h12-37H,1-11H3. The second-order valence-electron chi connectivity index (χ2n) is 23.8. The predicted molar refractivity (Wildman–Crippen MR) is 308 cm³/mol. The van der Waals surface area contributed by atoms with Gasteiger partial charge in [0.05, 0.1) is 5.69 Å². The maximum atomic E-state index is 2.66. The van der Waals surface area contributed by atoms with Crippen LogP contribution in [-0.2, 0) is 21.7 Å². The first-order chi connectivity index (χ1) is 33.3. The lowest BCUT2D eigenvalue weighted by molar-refractivity contribution is 0.590. The summed E-state index contributed by atoms with van der Waals surface area (Å²) in [5.74, 6) is 0. The molecule has 0 radical (unpaired) electrons. The lowest BCUT2D eigenvalue weighted by atomic mass is 9.36. The third-order valence-electron chi connectivity index (χ3n) is 15.9. The third kappa shape index (κ3) is 6.43. The van der Waals surface area contributed by atoms with Crippen LogP contribution in [0.4, 0.5) is 34.1 Å². The summed E-state index contributed by atoms with van der Waals surface area (Å²) in [6, 6.07) is 61.7. The van der Waals surface area contributed by atoms with E-state index in [0.717, 1.165) is 0 Å². The van der Waals surface area contributed by atoms with E-state index in [1.165, 1.54) is 130 Å². The van der Waals surface area contributed by atoms with Crippen LogP contribution >= 0.6 is 22.7 Å². The Hall–Kier alpha value is -6.40. The number of fused-ring (bicyclic) bond motifs is 12. The highest BCUT2D eigenvalue weighted by molar-refractivity contribution is 7.33. The van der Waals surface area contributed by atoms with Crippen molar-refractivity contribution in [3.63, 3.8) is 0 Å². The van der Waals surface area contributed by atoms with E-state index in [2.05, 4.69) is 244 Å². The Bertz CT molecular complexity index is 3810. The Balaban J connectivity index is 1.16. The summed E-state index contributed by atoms with van der Waals surface area (Å²) in [5.41, 5.74) is 22.1. The molecule has 13 rings (SSSR count). The molecular formula is C65H59BN2S2. The van der Waals surface area contributed by atoms with Crippen molar-refractivity contribution in [2.24, 2.45) is 0 Å². The Morgan fingerprint density at radius 1 is 0.429 bits per heavy atom. The average molecular weight is 943 g/mol. The van der Waals surface area contributed by atoms with Gasteiger partial charge in [-0.25, -0.2) is 0 Å². The first-order valence-corrected chi connectivity index (χ1v) is 26.7. The smallest absolute Gasteiger partial charge is 0.264 e. The van der Waals surface area contributed by atoms with Crippen LogP contribution in [0.2, 0.25) is 0 Å². The van der Waals surface area contributed by atoms with Crippen LogP contribution in [0.5, 0.6) is 0 Å². The molecule has 4 heterocycles. The molecule has 344 valence electrons. The van der Waals surface area contributed by atoms with Crippen LogP contribution in [0, 0.1) is 0 Å². The van der Waals surface area contributed by atoms with Crippen molar-refractivity contribution >= 4 is 109 Å². The predicted octanol–water partition coefficient (Wildman–Crippen LogP) is 17.2. The molecule has 3 aliphatic rings. The molecule has 70 heavy (non-hydrogen) atoms. The Labute approximate surface area is 422 Å². The normalized spacial score (nSPS) is 14.8. The number of nitrogens with zero attached hydrogens (tertiary/aromatic N) is 2. The largest absolute Gasteiger partial charge is 0.311 e. The van der Waals surface area contributed by atoms with Crippen LogP contribution in [0.25, 0.3) is 52.5 Å². The van der Waals surface area contributed by atoms with Crippen LogP contribution in [0.1, 0.15) is 104 Å².